The van der Waals surface area contributed by atoms with E-state index in [0.29, 0.717) is 4.90 Å². The summed E-state index contributed by atoms with van der Waals surface area (Å²) in [6.07, 6.45) is 0. The van der Waals surface area contributed by atoms with Crippen LogP contribution >= 0.6 is 0 Å². The third-order valence-corrected chi connectivity index (χ3v) is 4.06. The fourth-order valence-corrected chi connectivity index (χ4v) is 2.38. The van der Waals surface area contributed by atoms with Crippen LogP contribution in [0.15, 0.2) is 23.1 Å². The number of benzene rings is 1. The maximum absolute atomic E-state index is 11.8. The average molecular weight is 213 g/mol. The Balaban J connectivity index is 3.35. The molecule has 0 heterocycles. The van der Waals surface area contributed by atoms with Gasteiger partial charge in [-0.3, -0.25) is 0 Å². The van der Waals surface area contributed by atoms with E-state index < -0.39 is 10.0 Å². The molecule has 0 saturated heterocycles. The van der Waals surface area contributed by atoms with E-state index in [-0.39, 0.29) is 0 Å². The third-order valence-electron chi connectivity index (χ3n) is 2.09. The van der Waals surface area contributed by atoms with Crippen molar-refractivity contribution in [2.24, 2.45) is 0 Å². The van der Waals surface area contributed by atoms with Crippen LogP contribution in [0.2, 0.25) is 0 Å². The van der Waals surface area contributed by atoms with Crippen LogP contribution in [0, 0.1) is 13.8 Å². The SMILES string of the molecule is Cc1ccc(S(=O)(=O)N(C)C)c(C)c1. The zero-order chi connectivity index (χ0) is 10.9. The molecule has 1 aromatic carbocycles. The van der Waals surface area contributed by atoms with Gasteiger partial charge in [-0.1, -0.05) is 17.7 Å². The summed E-state index contributed by atoms with van der Waals surface area (Å²) in [7, 11) is -0.218. The predicted octanol–water partition coefficient (Wildman–Crippen LogP) is 1.55. The van der Waals surface area contributed by atoms with Crippen molar-refractivity contribution in [3.05, 3.63) is 29.3 Å². The summed E-state index contributed by atoms with van der Waals surface area (Å²) in [4.78, 5) is 0.383. The monoisotopic (exact) mass is 213 g/mol. The number of rotatable bonds is 2. The van der Waals surface area contributed by atoms with Crippen LogP contribution < -0.4 is 0 Å². The molecule has 0 radical (unpaired) electrons. The molecule has 0 bridgehead atoms. The fourth-order valence-electron chi connectivity index (χ4n) is 1.29. The first-order chi connectivity index (χ1) is 6.35. The molecule has 0 N–H and O–H groups in total. The van der Waals surface area contributed by atoms with Gasteiger partial charge in [-0.05, 0) is 25.5 Å². The number of hydrogen-bond donors (Lipinski definition) is 0. The lowest BCUT2D eigenvalue weighted by Crippen LogP contribution is -2.22. The zero-order valence-electron chi connectivity index (χ0n) is 8.90. The first-order valence-corrected chi connectivity index (χ1v) is 5.79. The van der Waals surface area contributed by atoms with Crippen molar-refractivity contribution >= 4 is 10.0 Å². The molecule has 0 unspecified atom stereocenters. The van der Waals surface area contributed by atoms with Gasteiger partial charge in [0.1, 0.15) is 0 Å². The second-order valence-electron chi connectivity index (χ2n) is 3.56. The van der Waals surface area contributed by atoms with Crippen molar-refractivity contribution in [2.75, 3.05) is 14.1 Å². The van der Waals surface area contributed by atoms with E-state index in [1.165, 1.54) is 18.4 Å². The van der Waals surface area contributed by atoms with Gasteiger partial charge in [-0.2, -0.15) is 0 Å². The van der Waals surface area contributed by atoms with Gasteiger partial charge >= 0.3 is 0 Å². The largest absolute Gasteiger partial charge is 0.242 e. The third kappa shape index (κ3) is 1.96. The molecule has 0 amide bonds. The molecule has 0 saturated carbocycles. The van der Waals surface area contributed by atoms with E-state index in [9.17, 15) is 8.42 Å². The molecule has 0 aromatic heterocycles. The molecule has 0 atom stereocenters. The quantitative estimate of drug-likeness (QED) is 0.747. The summed E-state index contributed by atoms with van der Waals surface area (Å²) in [6, 6.07) is 5.33. The number of nitrogens with zero attached hydrogens (tertiary/aromatic N) is 1. The molecule has 1 aromatic rings. The van der Waals surface area contributed by atoms with Gasteiger partial charge in [0.2, 0.25) is 10.0 Å². The number of aryl methyl sites for hydroxylation is 2. The van der Waals surface area contributed by atoms with Crippen molar-refractivity contribution < 1.29 is 8.42 Å². The first-order valence-electron chi connectivity index (χ1n) is 4.35. The van der Waals surface area contributed by atoms with Crippen molar-refractivity contribution in [2.45, 2.75) is 18.7 Å². The van der Waals surface area contributed by atoms with Gasteiger partial charge in [0.15, 0.2) is 0 Å². The second kappa shape index (κ2) is 3.71. The molecule has 78 valence electrons. The van der Waals surface area contributed by atoms with E-state index >= 15 is 0 Å². The molecule has 0 fully saturated rings. The standard InChI is InChI=1S/C10H15NO2S/c1-8-5-6-10(9(2)7-8)14(12,13)11(3)4/h5-7H,1-4H3. The lowest BCUT2D eigenvalue weighted by Gasteiger charge is -2.13. The smallest absolute Gasteiger partial charge is 0.207 e. The Kier molecular flexibility index (Phi) is 2.97. The van der Waals surface area contributed by atoms with E-state index in [1.54, 1.807) is 6.07 Å². The molecule has 1 rings (SSSR count). The lowest BCUT2D eigenvalue weighted by atomic mass is 10.2. The Morgan fingerprint density at radius 3 is 2.14 bits per heavy atom. The summed E-state index contributed by atoms with van der Waals surface area (Å²) < 4.78 is 24.8. The molecule has 4 heteroatoms. The zero-order valence-corrected chi connectivity index (χ0v) is 9.72. The molecular weight excluding hydrogens is 198 g/mol. The lowest BCUT2D eigenvalue weighted by molar-refractivity contribution is 0.520. The van der Waals surface area contributed by atoms with Gasteiger partial charge < -0.3 is 0 Å². The maximum atomic E-state index is 11.8. The first kappa shape index (κ1) is 11.2. The minimum Gasteiger partial charge on any atom is -0.207 e. The highest BCUT2D eigenvalue weighted by Gasteiger charge is 2.18. The minimum absolute atomic E-state index is 0.383. The number of sulfonamides is 1. The van der Waals surface area contributed by atoms with Crippen LogP contribution in [0.1, 0.15) is 11.1 Å². The number of hydrogen-bond acceptors (Lipinski definition) is 2. The highest BCUT2D eigenvalue weighted by molar-refractivity contribution is 7.89. The molecule has 14 heavy (non-hydrogen) atoms. The summed E-state index contributed by atoms with van der Waals surface area (Å²) in [6.45, 7) is 3.75. The van der Waals surface area contributed by atoms with Crippen LogP contribution in [-0.2, 0) is 10.0 Å². The van der Waals surface area contributed by atoms with E-state index in [1.807, 2.05) is 26.0 Å². The molecule has 0 aliphatic rings. The highest BCUT2D eigenvalue weighted by atomic mass is 32.2. The van der Waals surface area contributed by atoms with Crippen LogP contribution in [0.3, 0.4) is 0 Å². The Hall–Kier alpha value is -0.870. The average Bonchev–Trinajstić information content (AvgIpc) is 2.02. The summed E-state index contributed by atoms with van der Waals surface area (Å²) in [5.41, 5.74) is 1.86. The van der Waals surface area contributed by atoms with Crippen LogP contribution in [0.25, 0.3) is 0 Å². The van der Waals surface area contributed by atoms with Gasteiger partial charge in [-0.15, -0.1) is 0 Å². The van der Waals surface area contributed by atoms with E-state index in [2.05, 4.69) is 0 Å². The summed E-state index contributed by atoms with van der Waals surface area (Å²) >= 11 is 0. The van der Waals surface area contributed by atoms with Gasteiger partial charge in [0.05, 0.1) is 4.90 Å². The fraction of sp³-hybridized carbons (Fsp3) is 0.400. The van der Waals surface area contributed by atoms with Crippen LogP contribution in [0.4, 0.5) is 0 Å². The highest BCUT2D eigenvalue weighted by Crippen LogP contribution is 2.18. The Morgan fingerprint density at radius 2 is 1.71 bits per heavy atom. The summed E-state index contributed by atoms with van der Waals surface area (Å²) in [5.74, 6) is 0. The molecule has 0 aliphatic heterocycles. The predicted molar refractivity (Wildman–Crippen MR) is 56.8 cm³/mol. The molecule has 0 spiro atoms. The molecule has 3 nitrogen and oxygen atoms in total. The molecule has 0 aliphatic carbocycles. The Morgan fingerprint density at radius 1 is 1.14 bits per heavy atom. The van der Waals surface area contributed by atoms with Crippen molar-refractivity contribution in [3.63, 3.8) is 0 Å². The van der Waals surface area contributed by atoms with Crippen molar-refractivity contribution in [1.29, 1.82) is 0 Å². The van der Waals surface area contributed by atoms with E-state index in [0.717, 1.165) is 11.1 Å². The minimum atomic E-state index is -3.29. The molecular formula is C10H15NO2S. The van der Waals surface area contributed by atoms with E-state index in [4.69, 9.17) is 0 Å². The Labute approximate surface area is 85.4 Å². The van der Waals surface area contributed by atoms with Crippen LogP contribution in [0.5, 0.6) is 0 Å². The Bertz CT molecular complexity index is 435. The normalized spacial score (nSPS) is 12.1. The topological polar surface area (TPSA) is 37.4 Å². The second-order valence-corrected chi connectivity index (χ2v) is 5.68. The maximum Gasteiger partial charge on any atom is 0.242 e. The van der Waals surface area contributed by atoms with Crippen molar-refractivity contribution in [3.8, 4) is 0 Å². The van der Waals surface area contributed by atoms with Gasteiger partial charge in [0, 0.05) is 14.1 Å². The van der Waals surface area contributed by atoms with Crippen molar-refractivity contribution in [1.82, 2.24) is 4.31 Å². The van der Waals surface area contributed by atoms with Gasteiger partial charge in [0.25, 0.3) is 0 Å². The van der Waals surface area contributed by atoms with Gasteiger partial charge in [-0.25, -0.2) is 12.7 Å². The summed E-state index contributed by atoms with van der Waals surface area (Å²) in [5, 5.41) is 0. The van der Waals surface area contributed by atoms with Crippen LogP contribution in [-0.4, -0.2) is 26.8 Å².